The zero-order valence-electron chi connectivity index (χ0n) is 17.8. The van der Waals surface area contributed by atoms with E-state index in [1.165, 1.54) is 13.2 Å². The molecule has 0 spiro atoms. The van der Waals surface area contributed by atoms with Crippen LogP contribution in [0.3, 0.4) is 0 Å². The van der Waals surface area contributed by atoms with E-state index >= 15 is 0 Å². The van der Waals surface area contributed by atoms with Crippen molar-refractivity contribution in [3.05, 3.63) is 66.2 Å². The van der Waals surface area contributed by atoms with Crippen molar-refractivity contribution in [1.82, 2.24) is 0 Å². The summed E-state index contributed by atoms with van der Waals surface area (Å²) in [5.74, 6) is -0.620. The lowest BCUT2D eigenvalue weighted by Crippen LogP contribution is -2.32. The van der Waals surface area contributed by atoms with Crippen molar-refractivity contribution in [2.75, 3.05) is 23.0 Å². The van der Waals surface area contributed by atoms with Crippen molar-refractivity contribution in [3.63, 3.8) is 0 Å². The highest BCUT2D eigenvalue weighted by molar-refractivity contribution is 7.93. The quantitative estimate of drug-likeness (QED) is 0.384. The van der Waals surface area contributed by atoms with Gasteiger partial charge in [0, 0.05) is 22.6 Å². The lowest BCUT2D eigenvalue weighted by atomic mass is 9.95. The van der Waals surface area contributed by atoms with E-state index in [1.807, 2.05) is 0 Å². The van der Waals surface area contributed by atoms with Crippen molar-refractivity contribution in [3.8, 4) is 0 Å². The molecule has 0 saturated carbocycles. The molecule has 0 aliphatic heterocycles. The summed E-state index contributed by atoms with van der Waals surface area (Å²) in [5, 5.41) is 3.63. The number of hydrogen-bond donors (Lipinski definition) is 2. The molecule has 1 amide bonds. The molecule has 0 aliphatic carbocycles. The average Bonchev–Trinajstić information content (AvgIpc) is 2.78. The number of anilines is 2. The van der Waals surface area contributed by atoms with Gasteiger partial charge in [-0.15, -0.1) is 11.6 Å². The van der Waals surface area contributed by atoms with Crippen LogP contribution in [0.25, 0.3) is 10.8 Å². The van der Waals surface area contributed by atoms with Crippen LogP contribution < -0.4 is 10.0 Å². The topological polar surface area (TPSA) is 102 Å². The first-order valence-electron chi connectivity index (χ1n) is 9.69. The monoisotopic (exact) mass is 474 g/mol. The second-order valence-electron chi connectivity index (χ2n) is 7.80. The number of esters is 1. The van der Waals surface area contributed by atoms with Crippen LogP contribution in [0.4, 0.5) is 11.4 Å². The summed E-state index contributed by atoms with van der Waals surface area (Å²) in [6, 6.07) is 15.8. The molecule has 0 fully saturated rings. The first-order chi connectivity index (χ1) is 15.1. The number of carbonyl (C=O) groups excluding carboxylic acids is 2. The van der Waals surface area contributed by atoms with Gasteiger partial charge in [0.1, 0.15) is 0 Å². The maximum Gasteiger partial charge on any atom is 0.338 e. The summed E-state index contributed by atoms with van der Waals surface area (Å²) in [5.41, 5.74) is 0.381. The Morgan fingerprint density at radius 3 is 2.16 bits per heavy atom. The van der Waals surface area contributed by atoms with Gasteiger partial charge in [0.2, 0.25) is 5.91 Å². The van der Waals surface area contributed by atoms with E-state index in [1.54, 1.807) is 68.4 Å². The van der Waals surface area contributed by atoms with Crippen molar-refractivity contribution in [2.24, 2.45) is 5.41 Å². The summed E-state index contributed by atoms with van der Waals surface area (Å²) in [6.07, 6.45) is 0. The molecule has 7 nitrogen and oxygen atoms in total. The molecule has 168 valence electrons. The largest absolute Gasteiger partial charge is 0.465 e. The fourth-order valence-electron chi connectivity index (χ4n) is 3.00. The number of benzene rings is 3. The molecule has 0 bridgehead atoms. The normalized spacial score (nSPS) is 11.8. The second kappa shape index (κ2) is 9.18. The van der Waals surface area contributed by atoms with Crippen LogP contribution in [0.1, 0.15) is 24.2 Å². The van der Waals surface area contributed by atoms with E-state index in [9.17, 15) is 18.0 Å². The fraction of sp³-hybridized carbons (Fsp3) is 0.217. The van der Waals surface area contributed by atoms with E-state index < -0.39 is 21.4 Å². The number of carbonyl (C=O) groups is 2. The van der Waals surface area contributed by atoms with E-state index in [2.05, 4.69) is 10.0 Å². The van der Waals surface area contributed by atoms with Gasteiger partial charge in [-0.1, -0.05) is 24.3 Å². The second-order valence-corrected chi connectivity index (χ2v) is 9.72. The van der Waals surface area contributed by atoms with Gasteiger partial charge >= 0.3 is 5.97 Å². The van der Waals surface area contributed by atoms with E-state index in [4.69, 9.17) is 16.3 Å². The van der Waals surface area contributed by atoms with Crippen LogP contribution in [0.15, 0.2) is 65.6 Å². The molecule has 3 rings (SSSR count). The standard InChI is InChI=1S/C23H23ClN2O5S/c1-23(2,14-24)22(28)25-15-10-12-16(13-11-15)26-32(29,30)20-9-5-6-17-18(20)7-4-8-19(17)21(27)31-3/h4-13,26H,14H2,1-3H3,(H,25,28). The summed E-state index contributed by atoms with van der Waals surface area (Å²) >= 11 is 5.82. The lowest BCUT2D eigenvalue weighted by Gasteiger charge is -2.20. The smallest absolute Gasteiger partial charge is 0.338 e. The molecule has 2 N–H and O–H groups in total. The Balaban J connectivity index is 1.88. The Labute approximate surface area is 191 Å². The number of nitrogens with one attached hydrogen (secondary N) is 2. The number of hydrogen-bond acceptors (Lipinski definition) is 5. The number of sulfonamides is 1. The number of halogens is 1. The number of methoxy groups -OCH3 is 1. The van der Waals surface area contributed by atoms with Crippen molar-refractivity contribution in [1.29, 1.82) is 0 Å². The highest BCUT2D eigenvalue weighted by atomic mass is 35.5. The summed E-state index contributed by atoms with van der Waals surface area (Å²) < 4.78 is 33.5. The maximum absolute atomic E-state index is 13.1. The van der Waals surface area contributed by atoms with Gasteiger partial charge in [0.05, 0.1) is 23.0 Å². The Kier molecular flexibility index (Phi) is 6.76. The zero-order chi connectivity index (χ0) is 23.5. The highest BCUT2D eigenvalue weighted by Crippen LogP contribution is 2.28. The van der Waals surface area contributed by atoms with E-state index in [0.717, 1.165) is 0 Å². The molecule has 0 aliphatic rings. The summed E-state index contributed by atoms with van der Waals surface area (Å²) in [7, 11) is -2.69. The van der Waals surface area contributed by atoms with Gasteiger partial charge in [-0.3, -0.25) is 9.52 Å². The van der Waals surface area contributed by atoms with E-state index in [0.29, 0.717) is 22.1 Å². The van der Waals surface area contributed by atoms with Crippen LogP contribution in [0.2, 0.25) is 0 Å². The van der Waals surface area contributed by atoms with Gasteiger partial charge in [0.15, 0.2) is 0 Å². The summed E-state index contributed by atoms with van der Waals surface area (Å²) in [6.45, 7) is 3.46. The number of ether oxygens (including phenoxy) is 1. The van der Waals surface area contributed by atoms with Crippen LogP contribution in [0.5, 0.6) is 0 Å². The summed E-state index contributed by atoms with van der Waals surface area (Å²) in [4.78, 5) is 24.3. The minimum Gasteiger partial charge on any atom is -0.465 e. The Hall–Kier alpha value is -3.10. The average molecular weight is 475 g/mol. The first kappa shape index (κ1) is 23.6. The van der Waals surface area contributed by atoms with Crippen LogP contribution in [-0.2, 0) is 19.6 Å². The molecule has 32 heavy (non-hydrogen) atoms. The maximum atomic E-state index is 13.1. The molecule has 9 heteroatoms. The molecule has 0 atom stereocenters. The van der Waals surface area contributed by atoms with E-state index in [-0.39, 0.29) is 22.2 Å². The minimum atomic E-state index is -3.96. The fourth-order valence-corrected chi connectivity index (χ4v) is 4.40. The third kappa shape index (κ3) is 4.87. The third-order valence-electron chi connectivity index (χ3n) is 4.92. The van der Waals surface area contributed by atoms with Crippen LogP contribution in [0, 0.1) is 5.41 Å². The van der Waals surface area contributed by atoms with Gasteiger partial charge < -0.3 is 10.1 Å². The number of alkyl halides is 1. The Bertz CT molecular complexity index is 1270. The van der Waals surface area contributed by atoms with Crippen LogP contribution in [-0.4, -0.2) is 33.3 Å². The Morgan fingerprint density at radius 1 is 0.938 bits per heavy atom. The lowest BCUT2D eigenvalue weighted by molar-refractivity contribution is -0.122. The molecule has 3 aromatic carbocycles. The molecule has 0 radical (unpaired) electrons. The highest BCUT2D eigenvalue weighted by Gasteiger charge is 2.26. The van der Waals surface area contributed by atoms with Gasteiger partial charge in [-0.05, 0) is 55.6 Å². The molecular formula is C23H23ClN2O5S. The molecular weight excluding hydrogens is 452 g/mol. The van der Waals surface area contributed by atoms with Crippen molar-refractivity contribution < 1.29 is 22.7 Å². The number of rotatable bonds is 7. The van der Waals surface area contributed by atoms with Crippen molar-refractivity contribution >= 4 is 55.6 Å². The predicted molar refractivity (Wildman–Crippen MR) is 126 cm³/mol. The Morgan fingerprint density at radius 2 is 1.53 bits per heavy atom. The van der Waals surface area contributed by atoms with Gasteiger partial charge in [-0.2, -0.15) is 0 Å². The third-order valence-corrected chi connectivity index (χ3v) is 7.03. The number of fused-ring (bicyclic) bond motifs is 1. The molecule has 0 heterocycles. The molecule has 3 aromatic rings. The van der Waals surface area contributed by atoms with Gasteiger partial charge in [-0.25, -0.2) is 13.2 Å². The SMILES string of the molecule is COC(=O)c1cccc2c(S(=O)(=O)Nc3ccc(NC(=O)C(C)(C)CCl)cc3)cccc12. The van der Waals surface area contributed by atoms with Crippen molar-refractivity contribution in [2.45, 2.75) is 18.7 Å². The number of amides is 1. The first-order valence-corrected chi connectivity index (χ1v) is 11.7. The van der Waals surface area contributed by atoms with Crippen LogP contribution >= 0.6 is 11.6 Å². The minimum absolute atomic E-state index is 0.0296. The predicted octanol–water partition coefficient (Wildman–Crippen LogP) is 4.63. The zero-order valence-corrected chi connectivity index (χ0v) is 19.4. The van der Waals surface area contributed by atoms with Gasteiger partial charge in [0.25, 0.3) is 10.0 Å². The molecule has 0 saturated heterocycles. The molecule has 0 unspecified atom stereocenters. The molecule has 0 aromatic heterocycles.